The van der Waals surface area contributed by atoms with Crippen molar-refractivity contribution >= 4 is 39.1 Å². The van der Waals surface area contributed by atoms with E-state index in [2.05, 4.69) is 4.72 Å². The minimum atomic E-state index is -5.70. The molecule has 3 aromatic carbocycles. The number of rotatable bonds is 7. The SMILES string of the molecule is O=C(CSc1ccc(NS(=O)(=O)c2ccccc2)cc1)Nc1c(F)c(F)c(C(F)(F)F)c(F)c1F. The minimum Gasteiger partial charge on any atom is -0.320 e. The molecule has 0 aliphatic heterocycles. The number of thioether (sulfide) groups is 1. The van der Waals surface area contributed by atoms with Crippen LogP contribution in [0, 0.1) is 23.3 Å². The summed E-state index contributed by atoms with van der Waals surface area (Å²) in [7, 11) is -3.84. The second kappa shape index (κ2) is 10.2. The molecule has 0 spiro atoms. The van der Waals surface area contributed by atoms with Gasteiger partial charge in [0.25, 0.3) is 10.0 Å². The zero-order valence-corrected chi connectivity index (χ0v) is 18.7. The van der Waals surface area contributed by atoms with E-state index in [0.717, 1.165) is 11.8 Å². The number of halogens is 7. The second-order valence-corrected chi connectivity index (χ2v) is 9.51. The van der Waals surface area contributed by atoms with Crippen LogP contribution in [-0.4, -0.2) is 20.1 Å². The molecule has 0 aromatic heterocycles. The van der Waals surface area contributed by atoms with E-state index >= 15 is 0 Å². The molecule has 0 aliphatic carbocycles. The summed E-state index contributed by atoms with van der Waals surface area (Å²) in [5.74, 6) is -11.9. The highest BCUT2D eigenvalue weighted by Gasteiger charge is 2.42. The van der Waals surface area contributed by atoms with E-state index in [1.165, 1.54) is 41.7 Å². The fraction of sp³-hybridized carbons (Fsp3) is 0.0952. The Morgan fingerprint density at radius 2 is 1.37 bits per heavy atom. The Morgan fingerprint density at radius 3 is 1.89 bits per heavy atom. The molecule has 35 heavy (non-hydrogen) atoms. The molecule has 0 saturated heterocycles. The first-order valence-corrected chi connectivity index (χ1v) is 11.8. The van der Waals surface area contributed by atoms with Gasteiger partial charge in [0.2, 0.25) is 5.91 Å². The number of sulfonamides is 1. The average Bonchev–Trinajstić information content (AvgIpc) is 2.80. The largest absolute Gasteiger partial charge is 0.422 e. The molecule has 186 valence electrons. The van der Waals surface area contributed by atoms with Crippen LogP contribution >= 0.6 is 11.8 Å². The van der Waals surface area contributed by atoms with Gasteiger partial charge in [-0.3, -0.25) is 9.52 Å². The van der Waals surface area contributed by atoms with Gasteiger partial charge >= 0.3 is 6.18 Å². The van der Waals surface area contributed by atoms with Crippen LogP contribution in [0.5, 0.6) is 0 Å². The molecule has 3 aromatic rings. The lowest BCUT2D eigenvalue weighted by Crippen LogP contribution is -2.21. The van der Waals surface area contributed by atoms with Crippen LogP contribution in [0.1, 0.15) is 5.56 Å². The molecule has 14 heteroatoms. The highest BCUT2D eigenvalue weighted by molar-refractivity contribution is 8.00. The van der Waals surface area contributed by atoms with Crippen LogP contribution in [-0.2, 0) is 21.0 Å². The second-order valence-electron chi connectivity index (χ2n) is 6.78. The summed E-state index contributed by atoms with van der Waals surface area (Å²) in [6.07, 6.45) is -5.70. The van der Waals surface area contributed by atoms with Crippen LogP contribution in [0.15, 0.2) is 64.4 Å². The Labute approximate surface area is 198 Å². The lowest BCUT2D eigenvalue weighted by Gasteiger charge is -2.14. The maximum atomic E-state index is 13.9. The van der Waals surface area contributed by atoms with E-state index in [4.69, 9.17) is 0 Å². The van der Waals surface area contributed by atoms with E-state index in [1.54, 1.807) is 18.2 Å². The highest BCUT2D eigenvalue weighted by Crippen LogP contribution is 2.38. The number of carbonyl (C=O) groups excluding carboxylic acids is 1. The molecular formula is C21H13F7N2O3S2. The van der Waals surface area contributed by atoms with Gasteiger partial charge in [0.05, 0.1) is 10.6 Å². The average molecular weight is 538 g/mol. The van der Waals surface area contributed by atoms with Gasteiger partial charge in [-0.15, -0.1) is 11.8 Å². The number of carbonyl (C=O) groups is 1. The van der Waals surface area contributed by atoms with Crippen molar-refractivity contribution in [2.24, 2.45) is 0 Å². The third-order valence-corrected chi connectivity index (χ3v) is 6.75. The fourth-order valence-corrected chi connectivity index (χ4v) is 4.53. The first-order chi connectivity index (χ1) is 16.3. The van der Waals surface area contributed by atoms with E-state index in [-0.39, 0.29) is 10.6 Å². The predicted molar refractivity (Wildman–Crippen MR) is 114 cm³/mol. The number of benzene rings is 3. The zero-order chi connectivity index (χ0) is 26.0. The smallest absolute Gasteiger partial charge is 0.320 e. The van der Waals surface area contributed by atoms with Crippen molar-refractivity contribution in [2.45, 2.75) is 16.0 Å². The van der Waals surface area contributed by atoms with Gasteiger partial charge in [0.1, 0.15) is 11.3 Å². The number of alkyl halides is 3. The van der Waals surface area contributed by atoms with Gasteiger partial charge in [-0.1, -0.05) is 18.2 Å². The Hall–Kier alpha value is -3.26. The fourth-order valence-electron chi connectivity index (χ4n) is 2.75. The maximum Gasteiger partial charge on any atom is 0.422 e. The molecule has 0 aliphatic rings. The van der Waals surface area contributed by atoms with Crippen molar-refractivity contribution in [1.29, 1.82) is 0 Å². The number of nitrogens with one attached hydrogen (secondary N) is 2. The number of amides is 1. The summed E-state index contributed by atoms with van der Waals surface area (Å²) in [5, 5.41) is 1.52. The van der Waals surface area contributed by atoms with Gasteiger partial charge in [-0.2, -0.15) is 13.2 Å². The van der Waals surface area contributed by atoms with E-state index in [9.17, 15) is 43.9 Å². The van der Waals surface area contributed by atoms with Crippen LogP contribution in [0.4, 0.5) is 42.1 Å². The molecule has 2 N–H and O–H groups in total. The molecule has 3 rings (SSSR count). The van der Waals surface area contributed by atoms with Crippen LogP contribution < -0.4 is 10.0 Å². The van der Waals surface area contributed by atoms with Crippen molar-refractivity contribution in [2.75, 3.05) is 15.8 Å². The quantitative estimate of drug-likeness (QED) is 0.227. The summed E-state index contributed by atoms with van der Waals surface area (Å²) < 4.78 is 120. The molecule has 0 heterocycles. The van der Waals surface area contributed by atoms with Crippen molar-refractivity contribution < 1.29 is 43.9 Å². The standard InChI is InChI=1S/C21H13F7N2O3S2/c22-16-15(21(26,27)28)17(23)19(25)20(18(16)24)29-14(31)10-34-12-8-6-11(7-9-12)30-35(32,33)13-4-2-1-3-5-13/h1-9,30H,10H2,(H,29,31). The third-order valence-electron chi connectivity index (χ3n) is 4.34. The number of hydrogen-bond acceptors (Lipinski definition) is 4. The molecule has 0 fully saturated rings. The molecule has 0 bridgehead atoms. The number of anilines is 2. The molecule has 0 saturated carbocycles. The topological polar surface area (TPSA) is 75.3 Å². The zero-order valence-electron chi connectivity index (χ0n) is 17.1. The van der Waals surface area contributed by atoms with Crippen LogP contribution in [0.2, 0.25) is 0 Å². The summed E-state index contributed by atoms with van der Waals surface area (Å²) in [4.78, 5) is 12.4. The molecule has 1 amide bonds. The van der Waals surface area contributed by atoms with Crippen molar-refractivity contribution in [1.82, 2.24) is 0 Å². The van der Waals surface area contributed by atoms with Gasteiger partial charge in [-0.05, 0) is 36.4 Å². The first kappa shape index (κ1) is 26.3. The van der Waals surface area contributed by atoms with E-state index < -0.39 is 62.4 Å². The minimum absolute atomic E-state index is 0.0331. The van der Waals surface area contributed by atoms with Crippen molar-refractivity contribution in [3.63, 3.8) is 0 Å². The van der Waals surface area contributed by atoms with Gasteiger partial charge < -0.3 is 5.32 Å². The summed E-state index contributed by atoms with van der Waals surface area (Å²) in [5.41, 5.74) is -4.24. The molecule has 0 atom stereocenters. The molecule has 5 nitrogen and oxygen atoms in total. The summed E-state index contributed by atoms with van der Waals surface area (Å²) in [6.45, 7) is 0. The summed E-state index contributed by atoms with van der Waals surface area (Å²) in [6, 6.07) is 13.1. The van der Waals surface area contributed by atoms with Gasteiger partial charge in [0.15, 0.2) is 23.3 Å². The number of hydrogen-bond donors (Lipinski definition) is 2. The first-order valence-electron chi connectivity index (χ1n) is 9.35. The Kier molecular flexibility index (Phi) is 7.65. The molecule has 0 unspecified atom stereocenters. The highest BCUT2D eigenvalue weighted by atomic mass is 32.2. The summed E-state index contributed by atoms with van der Waals surface area (Å²) >= 11 is 0.797. The Morgan fingerprint density at radius 1 is 0.829 bits per heavy atom. The van der Waals surface area contributed by atoms with E-state index in [1.807, 2.05) is 0 Å². The normalized spacial score (nSPS) is 11.9. The monoisotopic (exact) mass is 538 g/mol. The Bertz CT molecular complexity index is 1320. The van der Waals surface area contributed by atoms with Crippen molar-refractivity contribution in [3.05, 3.63) is 83.4 Å². The third kappa shape index (κ3) is 6.06. The molecule has 0 radical (unpaired) electrons. The predicted octanol–water partition coefficient (Wildman–Crippen LogP) is 5.79. The van der Waals surface area contributed by atoms with Crippen molar-refractivity contribution in [3.8, 4) is 0 Å². The molecular weight excluding hydrogens is 525 g/mol. The Balaban J connectivity index is 1.66. The van der Waals surface area contributed by atoms with Crippen LogP contribution in [0.25, 0.3) is 0 Å². The maximum absolute atomic E-state index is 13.9. The van der Waals surface area contributed by atoms with Crippen LogP contribution in [0.3, 0.4) is 0 Å². The lowest BCUT2D eigenvalue weighted by atomic mass is 10.1. The van der Waals surface area contributed by atoms with Gasteiger partial charge in [-0.25, -0.2) is 26.0 Å². The van der Waals surface area contributed by atoms with E-state index in [0.29, 0.717) is 4.90 Å². The van der Waals surface area contributed by atoms with Gasteiger partial charge in [0, 0.05) is 10.6 Å². The lowest BCUT2D eigenvalue weighted by molar-refractivity contribution is -0.143.